The number of aromatic nitrogens is 2. The molecule has 3 rings (SSSR count). The molecule has 0 fully saturated rings. The number of H-pyrrole nitrogens is 1. The lowest BCUT2D eigenvalue weighted by atomic mass is 10.1. The van der Waals surface area contributed by atoms with Gasteiger partial charge in [-0.25, -0.2) is 0 Å². The number of benzene rings is 1. The average Bonchev–Trinajstić information content (AvgIpc) is 2.79. The van der Waals surface area contributed by atoms with Crippen molar-refractivity contribution in [1.82, 2.24) is 9.97 Å². The van der Waals surface area contributed by atoms with E-state index in [9.17, 15) is 0 Å². The summed E-state index contributed by atoms with van der Waals surface area (Å²) >= 11 is 6.09. The highest BCUT2D eigenvalue weighted by Crippen LogP contribution is 2.31. The maximum absolute atomic E-state index is 6.09. The molecular weight excluding hydrogens is 293 g/mol. The van der Waals surface area contributed by atoms with Crippen LogP contribution < -0.4 is 5.73 Å². The van der Waals surface area contributed by atoms with Crippen LogP contribution in [0.1, 0.15) is 5.56 Å². The van der Waals surface area contributed by atoms with Crippen molar-refractivity contribution in [1.29, 1.82) is 0 Å². The van der Waals surface area contributed by atoms with Crippen molar-refractivity contribution in [3.63, 3.8) is 0 Å². The predicted octanol–water partition coefficient (Wildman–Crippen LogP) is 3.81. The minimum atomic E-state index is 0. The van der Waals surface area contributed by atoms with E-state index in [0.29, 0.717) is 6.54 Å². The Balaban J connectivity index is 0.00000147. The van der Waals surface area contributed by atoms with Crippen molar-refractivity contribution in [2.24, 2.45) is 5.73 Å². The van der Waals surface area contributed by atoms with E-state index in [4.69, 9.17) is 17.3 Å². The van der Waals surface area contributed by atoms with E-state index >= 15 is 0 Å². The zero-order chi connectivity index (χ0) is 13.2. The molecule has 5 heteroatoms. The minimum absolute atomic E-state index is 0. The standard InChI is InChI=1S/C15H14ClN3.ClH/c16-10-4-5-13-12(9-10)11(6-7-17)15(19-13)14-3-1-2-8-18-14;/h1-5,8-9,19H,6-7,17H2;1H. The highest BCUT2D eigenvalue weighted by atomic mass is 35.5. The van der Waals surface area contributed by atoms with Gasteiger partial charge in [0.05, 0.1) is 11.4 Å². The highest BCUT2D eigenvalue weighted by Gasteiger charge is 2.13. The van der Waals surface area contributed by atoms with Gasteiger partial charge < -0.3 is 10.7 Å². The fourth-order valence-corrected chi connectivity index (χ4v) is 2.53. The fourth-order valence-electron chi connectivity index (χ4n) is 2.35. The van der Waals surface area contributed by atoms with Crippen molar-refractivity contribution in [3.05, 3.63) is 53.2 Å². The van der Waals surface area contributed by atoms with Crippen LogP contribution in [0.5, 0.6) is 0 Å². The van der Waals surface area contributed by atoms with Gasteiger partial charge in [0.1, 0.15) is 0 Å². The van der Waals surface area contributed by atoms with E-state index in [2.05, 4.69) is 9.97 Å². The minimum Gasteiger partial charge on any atom is -0.353 e. The summed E-state index contributed by atoms with van der Waals surface area (Å²) in [6, 6.07) is 11.7. The number of nitrogens with one attached hydrogen (secondary N) is 1. The predicted molar refractivity (Wildman–Crippen MR) is 86.5 cm³/mol. The van der Waals surface area contributed by atoms with Gasteiger partial charge in [0.25, 0.3) is 0 Å². The van der Waals surface area contributed by atoms with Crippen LogP contribution >= 0.6 is 24.0 Å². The van der Waals surface area contributed by atoms with E-state index < -0.39 is 0 Å². The van der Waals surface area contributed by atoms with Crippen LogP contribution in [0.4, 0.5) is 0 Å². The Kier molecular flexibility index (Phi) is 4.65. The molecule has 104 valence electrons. The molecule has 0 bridgehead atoms. The van der Waals surface area contributed by atoms with Gasteiger partial charge in [-0.3, -0.25) is 4.98 Å². The summed E-state index contributed by atoms with van der Waals surface area (Å²) in [6.07, 6.45) is 2.59. The Labute approximate surface area is 128 Å². The zero-order valence-corrected chi connectivity index (χ0v) is 12.3. The topological polar surface area (TPSA) is 54.7 Å². The molecule has 0 aliphatic heterocycles. The molecule has 20 heavy (non-hydrogen) atoms. The van der Waals surface area contributed by atoms with Gasteiger partial charge in [-0.2, -0.15) is 0 Å². The third kappa shape index (κ3) is 2.66. The molecule has 3 N–H and O–H groups in total. The third-order valence-corrected chi connectivity index (χ3v) is 3.42. The molecule has 0 saturated heterocycles. The summed E-state index contributed by atoms with van der Waals surface area (Å²) in [5.41, 5.74) is 9.93. The first-order chi connectivity index (χ1) is 9.29. The quantitative estimate of drug-likeness (QED) is 0.773. The SMILES string of the molecule is Cl.NCCc1c(-c2ccccn2)[nH]c2ccc(Cl)cc12. The number of aromatic amines is 1. The van der Waals surface area contributed by atoms with E-state index in [-0.39, 0.29) is 12.4 Å². The number of hydrogen-bond acceptors (Lipinski definition) is 2. The van der Waals surface area contributed by atoms with E-state index in [1.54, 1.807) is 6.20 Å². The zero-order valence-electron chi connectivity index (χ0n) is 10.8. The van der Waals surface area contributed by atoms with Crippen LogP contribution in [0.25, 0.3) is 22.3 Å². The molecule has 0 radical (unpaired) electrons. The normalized spacial score (nSPS) is 10.5. The lowest BCUT2D eigenvalue weighted by Gasteiger charge is -2.02. The second-order valence-electron chi connectivity index (χ2n) is 4.42. The number of nitrogens with zero attached hydrogens (tertiary/aromatic N) is 1. The molecule has 0 aliphatic rings. The summed E-state index contributed by atoms with van der Waals surface area (Å²) < 4.78 is 0. The average molecular weight is 308 g/mol. The molecule has 0 unspecified atom stereocenters. The first kappa shape index (κ1) is 14.9. The lowest BCUT2D eigenvalue weighted by molar-refractivity contribution is 0.976. The number of fused-ring (bicyclic) bond motifs is 1. The van der Waals surface area contributed by atoms with Gasteiger partial charge in [-0.15, -0.1) is 12.4 Å². The van der Waals surface area contributed by atoms with Gasteiger partial charge in [0.15, 0.2) is 0 Å². The monoisotopic (exact) mass is 307 g/mol. The molecule has 0 atom stereocenters. The van der Waals surface area contributed by atoms with Gasteiger partial charge in [-0.1, -0.05) is 17.7 Å². The molecule has 3 aromatic rings. The summed E-state index contributed by atoms with van der Waals surface area (Å²) in [5.74, 6) is 0. The summed E-state index contributed by atoms with van der Waals surface area (Å²) in [7, 11) is 0. The Morgan fingerprint density at radius 1 is 1.20 bits per heavy atom. The smallest absolute Gasteiger partial charge is 0.0867 e. The fraction of sp³-hybridized carbons (Fsp3) is 0.133. The van der Waals surface area contributed by atoms with Crippen molar-refractivity contribution in [2.75, 3.05) is 6.54 Å². The summed E-state index contributed by atoms with van der Waals surface area (Å²) in [6.45, 7) is 0.597. The largest absolute Gasteiger partial charge is 0.353 e. The molecular formula is C15H15Cl2N3. The first-order valence-corrected chi connectivity index (χ1v) is 6.59. The Bertz CT molecular complexity index is 708. The molecule has 2 aromatic heterocycles. The molecule has 0 amide bonds. The highest BCUT2D eigenvalue weighted by molar-refractivity contribution is 6.31. The van der Waals surface area contributed by atoms with Crippen LogP contribution in [-0.4, -0.2) is 16.5 Å². The Morgan fingerprint density at radius 3 is 2.75 bits per heavy atom. The maximum Gasteiger partial charge on any atom is 0.0867 e. The van der Waals surface area contributed by atoms with Gasteiger partial charge in [-0.05, 0) is 48.9 Å². The van der Waals surface area contributed by atoms with E-state index in [1.807, 2.05) is 36.4 Å². The van der Waals surface area contributed by atoms with Gasteiger partial charge >= 0.3 is 0 Å². The molecule has 0 aliphatic carbocycles. The molecule has 1 aromatic carbocycles. The van der Waals surface area contributed by atoms with Crippen molar-refractivity contribution in [2.45, 2.75) is 6.42 Å². The van der Waals surface area contributed by atoms with Crippen molar-refractivity contribution in [3.8, 4) is 11.4 Å². The first-order valence-electron chi connectivity index (χ1n) is 6.21. The number of hydrogen-bond donors (Lipinski definition) is 2. The van der Waals surface area contributed by atoms with Crippen LogP contribution in [0.2, 0.25) is 5.02 Å². The summed E-state index contributed by atoms with van der Waals surface area (Å²) in [4.78, 5) is 7.82. The number of halogens is 2. The van der Waals surface area contributed by atoms with E-state index in [1.165, 1.54) is 5.56 Å². The number of rotatable bonds is 3. The lowest BCUT2D eigenvalue weighted by Crippen LogP contribution is -2.03. The van der Waals surface area contributed by atoms with Crippen LogP contribution in [0.3, 0.4) is 0 Å². The third-order valence-electron chi connectivity index (χ3n) is 3.18. The van der Waals surface area contributed by atoms with Crippen LogP contribution in [-0.2, 0) is 6.42 Å². The Morgan fingerprint density at radius 2 is 2.05 bits per heavy atom. The van der Waals surface area contributed by atoms with Crippen molar-refractivity contribution < 1.29 is 0 Å². The van der Waals surface area contributed by atoms with Gasteiger partial charge in [0, 0.05) is 22.1 Å². The summed E-state index contributed by atoms with van der Waals surface area (Å²) in [5, 5.41) is 1.86. The number of pyridine rings is 1. The second kappa shape index (κ2) is 6.27. The van der Waals surface area contributed by atoms with Gasteiger partial charge in [0.2, 0.25) is 0 Å². The molecule has 0 saturated carbocycles. The second-order valence-corrected chi connectivity index (χ2v) is 4.86. The maximum atomic E-state index is 6.09. The molecule has 3 nitrogen and oxygen atoms in total. The van der Waals surface area contributed by atoms with Crippen LogP contribution in [0, 0.1) is 0 Å². The van der Waals surface area contributed by atoms with Crippen molar-refractivity contribution >= 4 is 34.9 Å². The van der Waals surface area contributed by atoms with Crippen LogP contribution in [0.15, 0.2) is 42.6 Å². The Hall–Kier alpha value is -1.55. The molecule has 0 spiro atoms. The van der Waals surface area contributed by atoms with E-state index in [0.717, 1.165) is 33.7 Å². The molecule has 2 heterocycles. The number of nitrogens with two attached hydrogens (primary N) is 1.